The van der Waals surface area contributed by atoms with Gasteiger partial charge in [0.1, 0.15) is 17.6 Å². The van der Waals surface area contributed by atoms with Gasteiger partial charge in [0.2, 0.25) is 0 Å². The first-order valence-electron chi connectivity index (χ1n) is 6.90. The van der Waals surface area contributed by atoms with E-state index in [4.69, 9.17) is 4.74 Å². The van der Waals surface area contributed by atoms with Gasteiger partial charge in [-0.2, -0.15) is 13.2 Å². The van der Waals surface area contributed by atoms with Crippen molar-refractivity contribution in [2.45, 2.75) is 18.6 Å². The van der Waals surface area contributed by atoms with E-state index in [1.165, 1.54) is 0 Å². The van der Waals surface area contributed by atoms with E-state index < -0.39 is 23.7 Å². The number of aliphatic hydroxyl groups excluding tert-OH is 1. The van der Waals surface area contributed by atoms with Crippen molar-refractivity contribution in [1.82, 2.24) is 5.32 Å². The number of allylic oxidation sites excluding steroid dienone is 3. The largest absolute Gasteiger partial charge is 0.508 e. The third-order valence-electron chi connectivity index (χ3n) is 4.19. The summed E-state index contributed by atoms with van der Waals surface area (Å²) in [5, 5.41) is 13.5. The number of benzene rings is 1. The first kappa shape index (κ1) is 13.3. The summed E-state index contributed by atoms with van der Waals surface area (Å²) < 4.78 is 44.3. The molecule has 1 aromatic carbocycles. The Hall–Kier alpha value is -2.37. The Morgan fingerprint density at radius 1 is 1.23 bits per heavy atom. The molecule has 2 N–H and O–H groups in total. The second kappa shape index (κ2) is 4.32. The third kappa shape index (κ3) is 1.83. The summed E-state index contributed by atoms with van der Waals surface area (Å²) in [4.78, 5) is 0. The molecular formula is C16H12F3NO2. The molecule has 4 rings (SSSR count). The Balaban J connectivity index is 1.77. The maximum absolute atomic E-state index is 12.9. The van der Waals surface area contributed by atoms with Gasteiger partial charge in [-0.1, -0.05) is 24.3 Å². The number of nitrogens with one attached hydrogen (secondary N) is 1. The molecule has 0 bridgehead atoms. The molecule has 0 saturated carbocycles. The molecule has 114 valence electrons. The molecule has 22 heavy (non-hydrogen) atoms. The topological polar surface area (TPSA) is 41.5 Å². The van der Waals surface area contributed by atoms with E-state index in [1.807, 2.05) is 18.2 Å². The highest BCUT2D eigenvalue weighted by Crippen LogP contribution is 2.47. The molecule has 1 aliphatic carbocycles. The maximum Gasteiger partial charge on any atom is 0.416 e. The monoisotopic (exact) mass is 307 g/mol. The van der Waals surface area contributed by atoms with Crippen molar-refractivity contribution in [3.8, 4) is 5.75 Å². The van der Waals surface area contributed by atoms with Crippen LogP contribution < -0.4 is 10.1 Å². The summed E-state index contributed by atoms with van der Waals surface area (Å²) in [5.74, 6) is 0.493. The number of aliphatic hydroxyl groups is 1. The molecule has 0 radical (unpaired) electrons. The van der Waals surface area contributed by atoms with Crippen LogP contribution in [0.3, 0.4) is 0 Å². The molecule has 3 aliphatic rings. The fourth-order valence-electron chi connectivity index (χ4n) is 3.11. The summed E-state index contributed by atoms with van der Waals surface area (Å²) in [5.41, 5.74) is 0.502. The first-order valence-corrected chi connectivity index (χ1v) is 6.90. The van der Waals surface area contributed by atoms with Crippen LogP contribution in [0, 0.1) is 5.92 Å². The summed E-state index contributed by atoms with van der Waals surface area (Å²) in [6, 6.07) is 6.80. The van der Waals surface area contributed by atoms with Crippen LogP contribution in [0.2, 0.25) is 0 Å². The number of hydrogen-bond acceptors (Lipinski definition) is 3. The fraction of sp³-hybridized carbons (Fsp3) is 0.250. The van der Waals surface area contributed by atoms with Crippen molar-refractivity contribution in [2.75, 3.05) is 0 Å². The van der Waals surface area contributed by atoms with Crippen LogP contribution in [-0.2, 0) is 0 Å². The second-order valence-electron chi connectivity index (χ2n) is 5.51. The molecule has 0 spiro atoms. The number of alkyl halides is 3. The van der Waals surface area contributed by atoms with E-state index in [0.29, 0.717) is 17.2 Å². The van der Waals surface area contributed by atoms with Gasteiger partial charge in [-0.05, 0) is 18.6 Å². The fourth-order valence-corrected chi connectivity index (χ4v) is 3.11. The zero-order chi connectivity index (χ0) is 15.5. The lowest BCUT2D eigenvalue weighted by Gasteiger charge is -2.33. The predicted octanol–water partition coefficient (Wildman–Crippen LogP) is 3.89. The van der Waals surface area contributed by atoms with Crippen molar-refractivity contribution in [3.05, 3.63) is 64.8 Å². The normalized spacial score (nSPS) is 26.1. The smallest absolute Gasteiger partial charge is 0.416 e. The van der Waals surface area contributed by atoms with Gasteiger partial charge in [0.15, 0.2) is 5.76 Å². The lowest BCUT2D eigenvalue weighted by molar-refractivity contribution is -0.0889. The number of fused-ring (bicyclic) bond motifs is 4. The van der Waals surface area contributed by atoms with Crippen LogP contribution in [-0.4, -0.2) is 11.3 Å². The zero-order valence-corrected chi connectivity index (χ0v) is 11.3. The quantitative estimate of drug-likeness (QED) is 0.764. The van der Waals surface area contributed by atoms with Gasteiger partial charge in [0.25, 0.3) is 0 Å². The molecule has 0 aromatic heterocycles. The minimum Gasteiger partial charge on any atom is -0.508 e. The minimum absolute atomic E-state index is 0.00340. The van der Waals surface area contributed by atoms with Crippen LogP contribution in [0.15, 0.2) is 59.2 Å². The molecule has 2 atom stereocenters. The molecule has 0 amide bonds. The van der Waals surface area contributed by atoms with Gasteiger partial charge >= 0.3 is 6.18 Å². The lowest BCUT2D eigenvalue weighted by Crippen LogP contribution is -2.35. The summed E-state index contributed by atoms with van der Waals surface area (Å²) in [6.07, 6.45) is -2.12. The van der Waals surface area contributed by atoms with E-state index in [9.17, 15) is 18.3 Å². The Morgan fingerprint density at radius 2 is 2.00 bits per heavy atom. The average Bonchev–Trinajstić information content (AvgIpc) is 2.85. The van der Waals surface area contributed by atoms with Gasteiger partial charge in [0.05, 0.1) is 11.5 Å². The third-order valence-corrected chi connectivity index (χ3v) is 4.19. The minimum atomic E-state index is -4.39. The lowest BCUT2D eigenvalue weighted by atomic mass is 9.86. The molecule has 1 aromatic rings. The number of rotatable bonds is 0. The van der Waals surface area contributed by atoms with E-state index in [-0.39, 0.29) is 12.2 Å². The van der Waals surface area contributed by atoms with E-state index in [0.717, 1.165) is 17.7 Å². The van der Waals surface area contributed by atoms with Crippen molar-refractivity contribution in [1.29, 1.82) is 0 Å². The highest BCUT2D eigenvalue weighted by molar-refractivity contribution is 5.50. The molecule has 0 saturated heterocycles. The van der Waals surface area contributed by atoms with Gasteiger partial charge in [-0.3, -0.25) is 0 Å². The Labute approximate surface area is 124 Å². The maximum atomic E-state index is 12.9. The van der Waals surface area contributed by atoms with Crippen LogP contribution in [0.25, 0.3) is 0 Å². The number of ether oxygens (including phenoxy) is 1. The van der Waals surface area contributed by atoms with Gasteiger partial charge in [-0.15, -0.1) is 0 Å². The summed E-state index contributed by atoms with van der Waals surface area (Å²) in [7, 11) is 0. The zero-order valence-electron chi connectivity index (χ0n) is 11.3. The number of hydrogen-bond donors (Lipinski definition) is 2. The Kier molecular flexibility index (Phi) is 2.61. The van der Waals surface area contributed by atoms with Gasteiger partial charge in [-0.25, -0.2) is 0 Å². The highest BCUT2D eigenvalue weighted by Gasteiger charge is 2.43. The van der Waals surface area contributed by atoms with Crippen molar-refractivity contribution in [3.63, 3.8) is 0 Å². The summed E-state index contributed by atoms with van der Waals surface area (Å²) >= 11 is 0. The van der Waals surface area contributed by atoms with Crippen molar-refractivity contribution in [2.24, 2.45) is 5.92 Å². The second-order valence-corrected chi connectivity index (χ2v) is 5.51. The van der Waals surface area contributed by atoms with Crippen LogP contribution in [0.1, 0.15) is 18.0 Å². The van der Waals surface area contributed by atoms with E-state index in [1.54, 1.807) is 6.07 Å². The first-order chi connectivity index (χ1) is 10.4. The number of halogens is 3. The van der Waals surface area contributed by atoms with Crippen LogP contribution in [0.5, 0.6) is 5.75 Å². The van der Waals surface area contributed by atoms with Crippen molar-refractivity contribution >= 4 is 0 Å². The van der Waals surface area contributed by atoms with Crippen LogP contribution >= 0.6 is 0 Å². The van der Waals surface area contributed by atoms with Crippen molar-refractivity contribution < 1.29 is 23.0 Å². The van der Waals surface area contributed by atoms with Gasteiger partial charge in [0, 0.05) is 11.3 Å². The van der Waals surface area contributed by atoms with E-state index >= 15 is 0 Å². The van der Waals surface area contributed by atoms with Gasteiger partial charge < -0.3 is 15.2 Å². The Morgan fingerprint density at radius 3 is 2.77 bits per heavy atom. The molecular weight excluding hydrogens is 295 g/mol. The molecule has 2 unspecified atom stereocenters. The molecule has 0 fully saturated rings. The van der Waals surface area contributed by atoms with E-state index in [2.05, 4.69) is 5.32 Å². The molecule has 2 heterocycles. The number of para-hydroxylation sites is 1. The predicted molar refractivity (Wildman–Crippen MR) is 72.9 cm³/mol. The molecule has 3 nitrogen and oxygen atoms in total. The highest BCUT2D eigenvalue weighted by atomic mass is 19.4. The Bertz CT molecular complexity index is 746. The molecule has 2 aliphatic heterocycles. The van der Waals surface area contributed by atoms with Crippen LogP contribution in [0.4, 0.5) is 13.2 Å². The standard InChI is InChI=1S/C16H12F3NO2/c17-16(18,19)8-5-6-9-11(7-8)20-13-10-3-1-2-4-12(10)22-15(13)14(9)21/h1-5,7,9,13,20-21H,6H2. The SMILES string of the molecule is OC1=C2Oc3ccccc3C2NC2=CC(C(F)(F)F)=CCC21. The molecule has 6 heteroatoms. The average molecular weight is 307 g/mol. The summed E-state index contributed by atoms with van der Waals surface area (Å²) in [6.45, 7) is 0.